The largest absolute Gasteiger partial charge is 0.455 e. The molecule has 2 amide bonds. The topological polar surface area (TPSA) is 91.5 Å². The summed E-state index contributed by atoms with van der Waals surface area (Å²) in [5.74, 6) is -1.55. The van der Waals surface area contributed by atoms with Gasteiger partial charge in [0.05, 0.1) is 5.92 Å². The van der Waals surface area contributed by atoms with E-state index in [1.807, 2.05) is 61.7 Å². The van der Waals surface area contributed by atoms with E-state index in [0.717, 1.165) is 27.7 Å². The Morgan fingerprint density at radius 2 is 1.94 bits per heavy atom. The molecule has 1 unspecified atom stereocenters. The summed E-state index contributed by atoms with van der Waals surface area (Å²) in [6.07, 6.45) is 2.70. The fourth-order valence-electron chi connectivity index (χ4n) is 3.82. The standard InChI is InChI=1S/C24H25N3O4/c1-16-6-8-19(9-7-16)27-14-18(12-23(27)29)24(30)31-15-22(28)25-11-10-17-13-26-21-5-3-2-4-20(17)21/h2-9,13,18,26H,10-12,14-15H2,1H3,(H,25,28). The Hall–Kier alpha value is -3.61. The number of benzene rings is 2. The zero-order valence-electron chi connectivity index (χ0n) is 17.4. The lowest BCUT2D eigenvalue weighted by Gasteiger charge is -2.16. The number of aromatic nitrogens is 1. The summed E-state index contributed by atoms with van der Waals surface area (Å²) in [6, 6.07) is 15.6. The van der Waals surface area contributed by atoms with Gasteiger partial charge in [-0.3, -0.25) is 14.4 Å². The number of aryl methyl sites for hydroxylation is 1. The molecule has 160 valence electrons. The molecule has 3 aromatic rings. The number of carbonyl (C=O) groups excluding carboxylic acids is 3. The van der Waals surface area contributed by atoms with Crippen molar-refractivity contribution in [2.75, 3.05) is 24.6 Å². The van der Waals surface area contributed by atoms with Gasteiger partial charge in [0, 0.05) is 42.3 Å². The number of carbonyl (C=O) groups is 3. The molecular formula is C24H25N3O4. The fourth-order valence-corrected chi connectivity index (χ4v) is 3.82. The molecule has 2 N–H and O–H groups in total. The molecule has 0 bridgehead atoms. The number of fused-ring (bicyclic) bond motifs is 1. The molecule has 1 aromatic heterocycles. The Balaban J connectivity index is 1.22. The third-order valence-corrected chi connectivity index (χ3v) is 5.54. The summed E-state index contributed by atoms with van der Waals surface area (Å²) in [5.41, 5.74) is 4.04. The van der Waals surface area contributed by atoms with Gasteiger partial charge in [-0.25, -0.2) is 0 Å². The number of anilines is 1. The molecule has 1 atom stereocenters. The van der Waals surface area contributed by atoms with Crippen molar-refractivity contribution in [3.63, 3.8) is 0 Å². The highest BCUT2D eigenvalue weighted by Crippen LogP contribution is 2.26. The maximum absolute atomic E-state index is 12.3. The first-order valence-corrected chi connectivity index (χ1v) is 10.4. The summed E-state index contributed by atoms with van der Waals surface area (Å²) >= 11 is 0. The minimum absolute atomic E-state index is 0.0922. The van der Waals surface area contributed by atoms with Crippen LogP contribution in [0.5, 0.6) is 0 Å². The van der Waals surface area contributed by atoms with Crippen molar-refractivity contribution in [3.05, 3.63) is 65.9 Å². The van der Waals surface area contributed by atoms with E-state index in [1.165, 1.54) is 0 Å². The number of para-hydroxylation sites is 1. The van der Waals surface area contributed by atoms with Crippen molar-refractivity contribution in [1.82, 2.24) is 10.3 Å². The number of hydrogen-bond acceptors (Lipinski definition) is 4. The van der Waals surface area contributed by atoms with Crippen LogP contribution in [-0.4, -0.2) is 42.5 Å². The first-order chi connectivity index (χ1) is 15.0. The molecule has 1 aliphatic rings. The molecule has 1 saturated heterocycles. The maximum Gasteiger partial charge on any atom is 0.311 e. The van der Waals surface area contributed by atoms with Gasteiger partial charge >= 0.3 is 5.97 Å². The quantitative estimate of drug-likeness (QED) is 0.576. The normalized spacial score (nSPS) is 16.0. The van der Waals surface area contributed by atoms with Gasteiger partial charge in [-0.15, -0.1) is 0 Å². The second-order valence-electron chi connectivity index (χ2n) is 7.81. The van der Waals surface area contributed by atoms with Gasteiger partial charge in [0.2, 0.25) is 5.91 Å². The molecule has 7 nitrogen and oxygen atoms in total. The summed E-state index contributed by atoms with van der Waals surface area (Å²) in [7, 11) is 0. The summed E-state index contributed by atoms with van der Waals surface area (Å²) in [4.78, 5) is 41.5. The minimum Gasteiger partial charge on any atom is -0.455 e. The predicted octanol–water partition coefficient (Wildman–Crippen LogP) is 2.73. The number of nitrogens with zero attached hydrogens (tertiary/aromatic N) is 1. The van der Waals surface area contributed by atoms with Crippen LogP contribution in [0, 0.1) is 12.8 Å². The number of aromatic amines is 1. The highest BCUT2D eigenvalue weighted by Gasteiger charge is 2.36. The van der Waals surface area contributed by atoms with E-state index in [9.17, 15) is 14.4 Å². The van der Waals surface area contributed by atoms with Crippen LogP contribution in [-0.2, 0) is 25.5 Å². The Labute approximate surface area is 180 Å². The van der Waals surface area contributed by atoms with Crippen molar-refractivity contribution in [1.29, 1.82) is 0 Å². The number of rotatable bonds is 7. The van der Waals surface area contributed by atoms with Crippen molar-refractivity contribution in [2.45, 2.75) is 19.8 Å². The molecule has 2 heterocycles. The SMILES string of the molecule is Cc1ccc(N2CC(C(=O)OCC(=O)NCCc3c[nH]c4ccccc34)CC2=O)cc1. The van der Waals surface area contributed by atoms with Crippen LogP contribution in [0.1, 0.15) is 17.5 Å². The highest BCUT2D eigenvalue weighted by atomic mass is 16.5. The van der Waals surface area contributed by atoms with E-state index in [4.69, 9.17) is 4.74 Å². The van der Waals surface area contributed by atoms with E-state index >= 15 is 0 Å². The molecule has 2 aromatic carbocycles. The van der Waals surface area contributed by atoms with Crippen molar-refractivity contribution in [3.8, 4) is 0 Å². The maximum atomic E-state index is 12.3. The third kappa shape index (κ3) is 4.77. The second-order valence-corrected chi connectivity index (χ2v) is 7.81. The molecule has 1 aliphatic heterocycles. The molecule has 4 rings (SSSR count). The van der Waals surface area contributed by atoms with Gasteiger partial charge < -0.3 is 19.9 Å². The number of hydrogen-bond donors (Lipinski definition) is 2. The zero-order valence-corrected chi connectivity index (χ0v) is 17.4. The van der Waals surface area contributed by atoms with Crippen LogP contribution in [0.15, 0.2) is 54.7 Å². The molecular weight excluding hydrogens is 394 g/mol. The number of ether oxygens (including phenoxy) is 1. The Kier molecular flexibility index (Phi) is 6.02. The summed E-state index contributed by atoms with van der Waals surface area (Å²) in [6.45, 7) is 2.34. The number of H-pyrrole nitrogens is 1. The molecule has 0 aliphatic carbocycles. The van der Waals surface area contributed by atoms with E-state index in [0.29, 0.717) is 13.0 Å². The lowest BCUT2D eigenvalue weighted by molar-refractivity contribution is -0.152. The van der Waals surface area contributed by atoms with Crippen LogP contribution < -0.4 is 10.2 Å². The van der Waals surface area contributed by atoms with Crippen molar-refractivity contribution >= 4 is 34.4 Å². The first kappa shape index (κ1) is 20.7. The Bertz CT molecular complexity index is 1100. The lowest BCUT2D eigenvalue weighted by atomic mass is 10.1. The van der Waals surface area contributed by atoms with Gasteiger partial charge in [-0.1, -0.05) is 35.9 Å². The van der Waals surface area contributed by atoms with Gasteiger partial charge in [-0.05, 0) is 37.1 Å². The molecule has 0 saturated carbocycles. The molecule has 0 spiro atoms. The van der Waals surface area contributed by atoms with E-state index in [1.54, 1.807) is 4.90 Å². The minimum atomic E-state index is -0.562. The van der Waals surface area contributed by atoms with Crippen LogP contribution in [0.3, 0.4) is 0 Å². The van der Waals surface area contributed by atoms with Gasteiger partial charge in [-0.2, -0.15) is 0 Å². The predicted molar refractivity (Wildman–Crippen MR) is 118 cm³/mol. The molecule has 1 fully saturated rings. The van der Waals surface area contributed by atoms with Crippen molar-refractivity contribution < 1.29 is 19.1 Å². The molecule has 31 heavy (non-hydrogen) atoms. The van der Waals surface area contributed by atoms with Gasteiger partial charge in [0.1, 0.15) is 0 Å². The number of amides is 2. The monoisotopic (exact) mass is 419 g/mol. The molecule has 7 heteroatoms. The van der Waals surface area contributed by atoms with Gasteiger partial charge in [0.15, 0.2) is 6.61 Å². The van der Waals surface area contributed by atoms with Crippen LogP contribution in [0.25, 0.3) is 10.9 Å². The number of esters is 1. The first-order valence-electron chi connectivity index (χ1n) is 10.4. The smallest absolute Gasteiger partial charge is 0.311 e. The highest BCUT2D eigenvalue weighted by molar-refractivity contribution is 5.99. The second kappa shape index (κ2) is 9.04. The lowest BCUT2D eigenvalue weighted by Crippen LogP contribution is -2.32. The van der Waals surface area contributed by atoms with Gasteiger partial charge in [0.25, 0.3) is 5.91 Å². The zero-order chi connectivity index (χ0) is 21.8. The van der Waals surface area contributed by atoms with E-state index in [2.05, 4.69) is 10.3 Å². The Morgan fingerprint density at radius 3 is 2.74 bits per heavy atom. The van der Waals surface area contributed by atoms with E-state index in [-0.39, 0.29) is 31.4 Å². The van der Waals surface area contributed by atoms with Crippen molar-refractivity contribution in [2.24, 2.45) is 5.92 Å². The Morgan fingerprint density at radius 1 is 1.16 bits per heavy atom. The van der Waals surface area contributed by atoms with E-state index < -0.39 is 11.9 Å². The van der Waals surface area contributed by atoms with Crippen LogP contribution in [0.4, 0.5) is 5.69 Å². The number of nitrogens with one attached hydrogen (secondary N) is 2. The van der Waals surface area contributed by atoms with Crippen LogP contribution in [0.2, 0.25) is 0 Å². The summed E-state index contributed by atoms with van der Waals surface area (Å²) in [5, 5.41) is 3.90. The summed E-state index contributed by atoms with van der Waals surface area (Å²) < 4.78 is 5.16. The molecule has 0 radical (unpaired) electrons. The average Bonchev–Trinajstić information content (AvgIpc) is 3.36. The fraction of sp³-hybridized carbons (Fsp3) is 0.292. The average molecular weight is 419 g/mol. The van der Waals surface area contributed by atoms with Crippen LogP contribution >= 0.6 is 0 Å². The third-order valence-electron chi connectivity index (χ3n) is 5.54.